The van der Waals surface area contributed by atoms with Crippen molar-refractivity contribution in [3.8, 4) is 0 Å². The van der Waals surface area contributed by atoms with E-state index >= 15 is 0 Å². The highest BCUT2D eigenvalue weighted by atomic mass is 32.2. The molecule has 1 amide bonds. The molecule has 0 aromatic heterocycles. The molecule has 1 saturated heterocycles. The Kier molecular flexibility index (Phi) is 5.52. The van der Waals surface area contributed by atoms with Gasteiger partial charge in [-0.1, -0.05) is 60.0 Å². The molecule has 3 nitrogen and oxygen atoms in total. The van der Waals surface area contributed by atoms with Gasteiger partial charge in [-0.3, -0.25) is 9.69 Å². The molecule has 0 aliphatic carbocycles. The van der Waals surface area contributed by atoms with E-state index in [2.05, 4.69) is 17.0 Å². The molecule has 0 spiro atoms. The molecule has 6 heteroatoms. The number of anilines is 2. The van der Waals surface area contributed by atoms with Gasteiger partial charge in [0.15, 0.2) is 0 Å². The SMILES string of the molecule is O=C(CSC(=S)N1CCCCC1)N1c2ccccc2Sc2ccccc21. The Balaban J connectivity index is 1.53. The average Bonchev–Trinajstić information content (AvgIpc) is 2.70. The molecule has 1 fully saturated rings. The summed E-state index contributed by atoms with van der Waals surface area (Å²) in [5, 5.41) is 0. The van der Waals surface area contributed by atoms with E-state index in [-0.39, 0.29) is 5.91 Å². The minimum Gasteiger partial charge on any atom is -0.358 e. The summed E-state index contributed by atoms with van der Waals surface area (Å²) >= 11 is 8.77. The molecule has 0 unspecified atom stereocenters. The van der Waals surface area contributed by atoms with Gasteiger partial charge in [0.1, 0.15) is 4.32 Å². The number of nitrogens with zero attached hydrogens (tertiary/aromatic N) is 2. The van der Waals surface area contributed by atoms with Crippen LogP contribution in [0, 0.1) is 0 Å². The highest BCUT2D eigenvalue weighted by molar-refractivity contribution is 8.23. The standard InChI is InChI=1S/C20H20N2OS3/c23-19(14-25-20(24)21-12-6-1-7-13-21)22-15-8-2-4-10-17(15)26-18-11-5-3-9-16(18)22/h2-5,8-11H,1,6-7,12-14H2. The number of thiocarbonyl (C=S) groups is 1. The normalized spacial score (nSPS) is 16.0. The number of piperidine rings is 1. The molecular weight excluding hydrogens is 380 g/mol. The smallest absolute Gasteiger partial charge is 0.242 e. The quantitative estimate of drug-likeness (QED) is 0.635. The summed E-state index contributed by atoms with van der Waals surface area (Å²) in [7, 11) is 0. The second-order valence-corrected chi connectivity index (χ2v) is 9.06. The predicted molar refractivity (Wildman–Crippen MR) is 115 cm³/mol. The first-order valence-electron chi connectivity index (χ1n) is 8.84. The van der Waals surface area contributed by atoms with E-state index in [1.54, 1.807) is 11.8 Å². The molecule has 0 atom stereocenters. The predicted octanol–water partition coefficient (Wildman–Crippen LogP) is 5.32. The average molecular weight is 401 g/mol. The highest BCUT2D eigenvalue weighted by Gasteiger charge is 2.28. The van der Waals surface area contributed by atoms with Crippen molar-refractivity contribution in [2.75, 3.05) is 23.7 Å². The molecule has 0 saturated carbocycles. The molecule has 2 aromatic carbocycles. The lowest BCUT2D eigenvalue weighted by Crippen LogP contribution is -2.35. The van der Waals surface area contributed by atoms with Gasteiger partial charge in [0.05, 0.1) is 17.1 Å². The number of benzene rings is 2. The van der Waals surface area contributed by atoms with Crippen molar-refractivity contribution in [1.29, 1.82) is 0 Å². The zero-order valence-corrected chi connectivity index (χ0v) is 16.8. The highest BCUT2D eigenvalue weighted by Crippen LogP contribution is 2.48. The molecule has 0 radical (unpaired) electrons. The lowest BCUT2D eigenvalue weighted by molar-refractivity contribution is -0.115. The van der Waals surface area contributed by atoms with Crippen molar-refractivity contribution in [3.63, 3.8) is 0 Å². The van der Waals surface area contributed by atoms with Crippen LogP contribution in [-0.4, -0.2) is 34.0 Å². The van der Waals surface area contributed by atoms with Gasteiger partial charge in [-0.15, -0.1) is 0 Å². The molecule has 0 N–H and O–H groups in total. The Bertz CT molecular complexity index is 788. The fraction of sp³-hybridized carbons (Fsp3) is 0.300. The molecule has 2 aliphatic heterocycles. The molecule has 0 bridgehead atoms. The van der Waals surface area contributed by atoms with Crippen LogP contribution in [0.2, 0.25) is 0 Å². The van der Waals surface area contributed by atoms with Crippen LogP contribution in [0.5, 0.6) is 0 Å². The Morgan fingerprint density at radius 3 is 2.15 bits per heavy atom. The lowest BCUT2D eigenvalue weighted by atomic mass is 10.1. The first-order chi connectivity index (χ1) is 12.7. The number of hydrogen-bond donors (Lipinski definition) is 0. The van der Waals surface area contributed by atoms with Crippen molar-refractivity contribution in [2.45, 2.75) is 29.1 Å². The van der Waals surface area contributed by atoms with Gasteiger partial charge in [-0.25, -0.2) is 0 Å². The van der Waals surface area contributed by atoms with Crippen LogP contribution in [0.15, 0.2) is 58.3 Å². The molecule has 4 rings (SSSR count). The monoisotopic (exact) mass is 400 g/mol. The molecule has 2 aliphatic rings. The van der Waals surface area contributed by atoms with Gasteiger partial charge in [0, 0.05) is 22.9 Å². The minimum absolute atomic E-state index is 0.0783. The summed E-state index contributed by atoms with van der Waals surface area (Å²) < 4.78 is 0.853. The maximum Gasteiger partial charge on any atom is 0.242 e. The maximum atomic E-state index is 13.1. The minimum atomic E-state index is 0.0783. The Morgan fingerprint density at radius 2 is 1.54 bits per heavy atom. The summed E-state index contributed by atoms with van der Waals surface area (Å²) in [6, 6.07) is 16.2. The number of hydrogen-bond acceptors (Lipinski definition) is 4. The summed E-state index contributed by atoms with van der Waals surface area (Å²) in [4.78, 5) is 19.5. The zero-order valence-electron chi connectivity index (χ0n) is 14.4. The first kappa shape index (κ1) is 17.9. The molecule has 26 heavy (non-hydrogen) atoms. The maximum absolute atomic E-state index is 13.1. The van der Waals surface area contributed by atoms with Crippen molar-refractivity contribution >= 4 is 57.3 Å². The summed E-state index contributed by atoms with van der Waals surface area (Å²) in [5.41, 5.74) is 1.93. The molecule has 134 valence electrons. The van der Waals surface area contributed by atoms with Crippen molar-refractivity contribution in [1.82, 2.24) is 4.90 Å². The summed E-state index contributed by atoms with van der Waals surface area (Å²) in [5.74, 6) is 0.442. The van der Waals surface area contributed by atoms with Gasteiger partial charge in [0.25, 0.3) is 0 Å². The second-order valence-electron chi connectivity index (χ2n) is 6.37. The lowest BCUT2D eigenvalue weighted by Gasteiger charge is -2.32. The fourth-order valence-corrected chi connectivity index (χ4v) is 5.49. The third-order valence-corrected chi connectivity index (χ3v) is 7.25. The first-order valence-corrected chi connectivity index (χ1v) is 11.1. The van der Waals surface area contributed by atoms with E-state index in [4.69, 9.17) is 12.2 Å². The number of para-hydroxylation sites is 2. The van der Waals surface area contributed by atoms with Crippen LogP contribution in [0.1, 0.15) is 19.3 Å². The van der Waals surface area contributed by atoms with E-state index < -0.39 is 0 Å². The number of likely N-dealkylation sites (tertiary alicyclic amines) is 1. The molecule has 2 aromatic rings. The number of carbonyl (C=O) groups is 1. The third kappa shape index (κ3) is 3.63. The molecular formula is C20H20N2OS3. The number of thioether (sulfide) groups is 1. The van der Waals surface area contributed by atoms with E-state index in [0.29, 0.717) is 5.75 Å². The van der Waals surface area contributed by atoms with Gasteiger partial charge >= 0.3 is 0 Å². The number of rotatable bonds is 2. The van der Waals surface area contributed by atoms with Crippen LogP contribution in [-0.2, 0) is 4.79 Å². The topological polar surface area (TPSA) is 23.6 Å². The number of fused-ring (bicyclic) bond motifs is 2. The van der Waals surface area contributed by atoms with Crippen molar-refractivity contribution < 1.29 is 4.79 Å². The van der Waals surface area contributed by atoms with E-state index in [0.717, 1.165) is 38.6 Å². The van der Waals surface area contributed by atoms with Crippen molar-refractivity contribution in [2.24, 2.45) is 0 Å². The Labute approximate surface area is 168 Å². The number of amides is 1. The summed E-state index contributed by atoms with van der Waals surface area (Å²) in [6.07, 6.45) is 3.67. The van der Waals surface area contributed by atoms with E-state index in [1.165, 1.54) is 31.0 Å². The van der Waals surface area contributed by atoms with Gasteiger partial charge < -0.3 is 4.90 Å². The zero-order chi connectivity index (χ0) is 17.9. The number of carbonyl (C=O) groups excluding carboxylic acids is 1. The van der Waals surface area contributed by atoms with Crippen LogP contribution in [0.3, 0.4) is 0 Å². The van der Waals surface area contributed by atoms with Gasteiger partial charge in [-0.05, 0) is 43.5 Å². The second kappa shape index (κ2) is 8.03. The van der Waals surface area contributed by atoms with E-state index in [9.17, 15) is 4.79 Å². The summed E-state index contributed by atoms with van der Waals surface area (Å²) in [6.45, 7) is 2.04. The van der Waals surface area contributed by atoms with Crippen molar-refractivity contribution in [3.05, 3.63) is 48.5 Å². The van der Waals surface area contributed by atoms with Crippen LogP contribution >= 0.6 is 35.7 Å². The third-order valence-electron chi connectivity index (χ3n) is 4.62. The Hall–Kier alpha value is -1.50. The van der Waals surface area contributed by atoms with Crippen LogP contribution in [0.25, 0.3) is 0 Å². The van der Waals surface area contributed by atoms with Gasteiger partial charge in [-0.2, -0.15) is 0 Å². The fourth-order valence-electron chi connectivity index (χ4n) is 3.33. The molecule has 2 heterocycles. The Morgan fingerprint density at radius 1 is 0.962 bits per heavy atom. The largest absolute Gasteiger partial charge is 0.358 e. The van der Waals surface area contributed by atoms with Crippen LogP contribution < -0.4 is 4.90 Å². The van der Waals surface area contributed by atoms with E-state index in [1.807, 2.05) is 41.3 Å². The van der Waals surface area contributed by atoms with Gasteiger partial charge in [0.2, 0.25) is 5.91 Å². The van der Waals surface area contributed by atoms with Crippen LogP contribution in [0.4, 0.5) is 11.4 Å².